The first-order valence-corrected chi connectivity index (χ1v) is 4.84. The molecule has 2 radical (unpaired) electrons. The van der Waals surface area contributed by atoms with Crippen LogP contribution in [-0.4, -0.2) is 24.1 Å². The Morgan fingerprint density at radius 1 is 1.43 bits per heavy atom. The van der Waals surface area contributed by atoms with Crippen LogP contribution in [0.4, 0.5) is 0 Å². The fourth-order valence-corrected chi connectivity index (χ4v) is 1.09. The molecule has 0 aliphatic heterocycles. The van der Waals surface area contributed by atoms with Gasteiger partial charge in [0.2, 0.25) is 0 Å². The highest BCUT2D eigenvalue weighted by atomic mass is 32.1. The first kappa shape index (κ1) is 10.9. The molecule has 0 aliphatic carbocycles. The molecule has 0 atom stereocenters. The van der Waals surface area contributed by atoms with E-state index in [-0.39, 0.29) is 5.56 Å². The molecule has 1 aromatic heterocycles. The summed E-state index contributed by atoms with van der Waals surface area (Å²) in [6.07, 6.45) is 3.06. The van der Waals surface area contributed by atoms with Crippen molar-refractivity contribution in [3.05, 3.63) is 34.9 Å². The predicted octanol–water partition coefficient (Wildman–Crippen LogP) is 0.263. The standard InChI is InChI=1S/C8H5BN2O.CH4S/c9-5-1-2-6-7(3-5)10-4-11-8(6)12;1-2/h1-4H,(H,10,11,12);2H,1H3. The van der Waals surface area contributed by atoms with Crippen molar-refractivity contribution < 1.29 is 0 Å². The summed E-state index contributed by atoms with van der Waals surface area (Å²) in [5.74, 6) is 0. The molecule has 0 aliphatic rings. The van der Waals surface area contributed by atoms with Crippen LogP contribution in [0, 0.1) is 0 Å². The Labute approximate surface area is 88.4 Å². The summed E-state index contributed by atoms with van der Waals surface area (Å²) in [5.41, 5.74) is 1.10. The number of hydrogen-bond acceptors (Lipinski definition) is 3. The van der Waals surface area contributed by atoms with Gasteiger partial charge in [-0.15, -0.1) is 0 Å². The molecule has 1 heterocycles. The van der Waals surface area contributed by atoms with Gasteiger partial charge in [0.15, 0.2) is 0 Å². The van der Waals surface area contributed by atoms with Crippen molar-refractivity contribution in [1.82, 2.24) is 9.97 Å². The third-order valence-electron chi connectivity index (χ3n) is 1.67. The van der Waals surface area contributed by atoms with Crippen molar-refractivity contribution in [3.63, 3.8) is 0 Å². The third kappa shape index (κ3) is 2.17. The van der Waals surface area contributed by atoms with Crippen LogP contribution in [0.3, 0.4) is 0 Å². The van der Waals surface area contributed by atoms with Gasteiger partial charge in [-0.25, -0.2) is 4.98 Å². The second-order valence-electron chi connectivity index (χ2n) is 2.51. The summed E-state index contributed by atoms with van der Waals surface area (Å²) in [6.45, 7) is 0. The van der Waals surface area contributed by atoms with E-state index >= 15 is 0 Å². The van der Waals surface area contributed by atoms with E-state index in [4.69, 9.17) is 7.85 Å². The van der Waals surface area contributed by atoms with Crippen LogP contribution in [-0.2, 0) is 0 Å². The summed E-state index contributed by atoms with van der Waals surface area (Å²) in [6, 6.07) is 5.01. The fourth-order valence-electron chi connectivity index (χ4n) is 1.09. The zero-order valence-corrected chi connectivity index (χ0v) is 8.58. The lowest BCUT2D eigenvalue weighted by Gasteiger charge is -1.95. The number of nitrogens with one attached hydrogen (secondary N) is 1. The summed E-state index contributed by atoms with van der Waals surface area (Å²) in [4.78, 5) is 17.6. The molecule has 1 aromatic carbocycles. The van der Waals surface area contributed by atoms with Gasteiger partial charge in [-0.05, 0) is 18.4 Å². The van der Waals surface area contributed by atoms with Gasteiger partial charge < -0.3 is 4.98 Å². The molecule has 2 aromatic rings. The topological polar surface area (TPSA) is 45.8 Å². The van der Waals surface area contributed by atoms with Gasteiger partial charge in [0.05, 0.1) is 17.2 Å². The molecule has 0 unspecified atom stereocenters. The van der Waals surface area contributed by atoms with Crippen molar-refractivity contribution in [2.45, 2.75) is 0 Å². The molecule has 0 saturated carbocycles. The maximum absolute atomic E-state index is 11.2. The number of aromatic amines is 1. The number of fused-ring (bicyclic) bond motifs is 1. The highest BCUT2D eigenvalue weighted by Gasteiger charge is 1.96. The lowest BCUT2D eigenvalue weighted by molar-refractivity contribution is 1.17. The SMILES string of the molecule is CS.[B]c1ccc2c(=O)[nH]cnc2c1. The van der Waals surface area contributed by atoms with Gasteiger partial charge in [-0.3, -0.25) is 4.79 Å². The largest absolute Gasteiger partial charge is 0.313 e. The molecule has 0 fully saturated rings. The maximum Gasteiger partial charge on any atom is 0.258 e. The van der Waals surface area contributed by atoms with Crippen LogP contribution < -0.4 is 11.0 Å². The molecule has 0 amide bonds. The van der Waals surface area contributed by atoms with E-state index in [1.807, 2.05) is 0 Å². The van der Waals surface area contributed by atoms with Crippen LogP contribution in [0.2, 0.25) is 0 Å². The molecule has 5 heteroatoms. The minimum absolute atomic E-state index is 0.139. The highest BCUT2D eigenvalue weighted by Crippen LogP contribution is 2.00. The maximum atomic E-state index is 11.2. The Morgan fingerprint density at radius 2 is 2.14 bits per heavy atom. The van der Waals surface area contributed by atoms with Crippen molar-refractivity contribution in [3.8, 4) is 0 Å². The van der Waals surface area contributed by atoms with E-state index in [1.165, 1.54) is 6.33 Å². The molecule has 1 N–H and O–H groups in total. The van der Waals surface area contributed by atoms with Crippen molar-refractivity contribution in [2.75, 3.05) is 6.26 Å². The van der Waals surface area contributed by atoms with Gasteiger partial charge in [-0.2, -0.15) is 12.6 Å². The van der Waals surface area contributed by atoms with E-state index in [9.17, 15) is 4.79 Å². The van der Waals surface area contributed by atoms with E-state index < -0.39 is 0 Å². The Bertz CT molecular complexity index is 483. The molecule has 3 nitrogen and oxygen atoms in total. The second kappa shape index (κ2) is 4.86. The number of aromatic nitrogens is 2. The van der Waals surface area contributed by atoms with E-state index in [2.05, 4.69) is 22.6 Å². The molecule has 0 saturated heterocycles. The monoisotopic (exact) mass is 204 g/mol. The van der Waals surface area contributed by atoms with Crippen LogP contribution in [0.1, 0.15) is 0 Å². The lowest BCUT2D eigenvalue weighted by atomic mass is 9.95. The van der Waals surface area contributed by atoms with Crippen molar-refractivity contribution >= 4 is 36.8 Å². The first-order valence-electron chi connectivity index (χ1n) is 3.95. The van der Waals surface area contributed by atoms with Crippen molar-refractivity contribution in [2.24, 2.45) is 0 Å². The minimum Gasteiger partial charge on any atom is -0.313 e. The van der Waals surface area contributed by atoms with Gasteiger partial charge in [0.25, 0.3) is 5.56 Å². The summed E-state index contributed by atoms with van der Waals surface area (Å²) in [7, 11) is 5.52. The molecule has 0 bridgehead atoms. The van der Waals surface area contributed by atoms with E-state index in [0.717, 1.165) is 0 Å². The number of benzene rings is 1. The van der Waals surface area contributed by atoms with Crippen molar-refractivity contribution in [1.29, 1.82) is 0 Å². The number of hydrogen-bond donors (Lipinski definition) is 2. The molecule has 0 spiro atoms. The van der Waals surface area contributed by atoms with Gasteiger partial charge >= 0.3 is 0 Å². The summed E-state index contributed by atoms with van der Waals surface area (Å²) < 4.78 is 0. The average molecular weight is 204 g/mol. The zero-order chi connectivity index (χ0) is 10.6. The van der Waals surface area contributed by atoms with Crippen LogP contribution >= 0.6 is 12.6 Å². The number of rotatable bonds is 0. The summed E-state index contributed by atoms with van der Waals surface area (Å²) >= 11 is 3.53. The molecule has 14 heavy (non-hydrogen) atoms. The molecule has 70 valence electrons. The van der Waals surface area contributed by atoms with E-state index in [0.29, 0.717) is 16.4 Å². The lowest BCUT2D eigenvalue weighted by Crippen LogP contribution is -2.09. The normalized spacial score (nSPS) is 9.29. The highest BCUT2D eigenvalue weighted by molar-refractivity contribution is 7.79. The van der Waals surface area contributed by atoms with Gasteiger partial charge in [0.1, 0.15) is 7.85 Å². The minimum atomic E-state index is -0.139. The average Bonchev–Trinajstić information content (AvgIpc) is 2.21. The number of thiol groups is 1. The summed E-state index contributed by atoms with van der Waals surface area (Å²) in [5, 5.41) is 0.562. The van der Waals surface area contributed by atoms with Gasteiger partial charge in [-0.1, -0.05) is 11.5 Å². The quantitative estimate of drug-likeness (QED) is 0.477. The van der Waals surface area contributed by atoms with Crippen LogP contribution in [0.25, 0.3) is 10.9 Å². The Morgan fingerprint density at radius 3 is 2.86 bits per heavy atom. The Hall–Kier alpha value is -1.23. The molecular weight excluding hydrogens is 195 g/mol. The third-order valence-corrected chi connectivity index (χ3v) is 1.67. The zero-order valence-electron chi connectivity index (χ0n) is 7.69. The van der Waals surface area contributed by atoms with Crippen LogP contribution in [0.15, 0.2) is 29.3 Å². The Balaban J connectivity index is 0.000000461. The van der Waals surface area contributed by atoms with E-state index in [1.54, 1.807) is 24.5 Å². The molecule has 2 rings (SSSR count). The smallest absolute Gasteiger partial charge is 0.258 e. The second-order valence-corrected chi connectivity index (χ2v) is 2.51. The predicted molar refractivity (Wildman–Crippen MR) is 62.7 cm³/mol. The fraction of sp³-hybridized carbons (Fsp3) is 0.111. The first-order chi connectivity index (χ1) is 6.77. The Kier molecular flexibility index (Phi) is 3.77. The van der Waals surface area contributed by atoms with Gasteiger partial charge in [0, 0.05) is 0 Å². The number of H-pyrrole nitrogens is 1. The number of nitrogens with zero attached hydrogens (tertiary/aromatic N) is 1. The van der Waals surface area contributed by atoms with Crippen LogP contribution in [0.5, 0.6) is 0 Å². The molecular formula is C9H9BN2OS.